The van der Waals surface area contributed by atoms with Crippen molar-refractivity contribution in [1.82, 2.24) is 10.9 Å². The Labute approximate surface area is 166 Å². The lowest BCUT2D eigenvalue weighted by Crippen LogP contribution is -2.51. The van der Waals surface area contributed by atoms with Gasteiger partial charge in [0.05, 0.1) is 6.61 Å². The molecule has 0 saturated carbocycles. The minimum Gasteiger partial charge on any atom is -0.493 e. The van der Waals surface area contributed by atoms with Crippen LogP contribution in [0.2, 0.25) is 0 Å². The molecular formula is C20H20N2O7. The molecule has 152 valence electrons. The van der Waals surface area contributed by atoms with Crippen LogP contribution in [0, 0.1) is 0 Å². The van der Waals surface area contributed by atoms with Crippen molar-refractivity contribution >= 4 is 17.8 Å². The van der Waals surface area contributed by atoms with Gasteiger partial charge in [-0.2, -0.15) is 0 Å². The van der Waals surface area contributed by atoms with Gasteiger partial charge in [0.1, 0.15) is 17.9 Å². The molecular weight excluding hydrogens is 380 g/mol. The van der Waals surface area contributed by atoms with E-state index in [1.165, 1.54) is 6.07 Å². The second-order valence-corrected chi connectivity index (χ2v) is 5.91. The summed E-state index contributed by atoms with van der Waals surface area (Å²) in [6, 6.07) is 13.5. The Morgan fingerprint density at radius 2 is 1.76 bits per heavy atom. The first-order valence-electron chi connectivity index (χ1n) is 8.94. The lowest BCUT2D eigenvalue weighted by atomic mass is 10.2. The normalized spacial score (nSPS) is 14.4. The molecule has 0 unspecified atom stereocenters. The van der Waals surface area contributed by atoms with Gasteiger partial charge < -0.3 is 18.9 Å². The summed E-state index contributed by atoms with van der Waals surface area (Å²) in [5.74, 6) is -0.676. The van der Waals surface area contributed by atoms with Gasteiger partial charge >= 0.3 is 5.97 Å². The summed E-state index contributed by atoms with van der Waals surface area (Å²) in [7, 11) is 0. The van der Waals surface area contributed by atoms with Crippen LogP contribution in [-0.2, 0) is 14.3 Å². The maximum absolute atomic E-state index is 12.1. The molecule has 1 aliphatic rings. The van der Waals surface area contributed by atoms with E-state index in [2.05, 4.69) is 10.9 Å². The fourth-order valence-electron chi connectivity index (χ4n) is 2.52. The Morgan fingerprint density at radius 3 is 2.55 bits per heavy atom. The van der Waals surface area contributed by atoms with Crippen molar-refractivity contribution in [2.24, 2.45) is 0 Å². The third-order valence-corrected chi connectivity index (χ3v) is 3.87. The Balaban J connectivity index is 1.44. The molecule has 0 aromatic heterocycles. The maximum atomic E-state index is 12.1. The zero-order chi connectivity index (χ0) is 20.6. The second kappa shape index (κ2) is 9.45. The highest BCUT2D eigenvalue weighted by atomic mass is 16.6. The van der Waals surface area contributed by atoms with Crippen LogP contribution in [0.5, 0.6) is 17.2 Å². The van der Waals surface area contributed by atoms with Gasteiger partial charge in [0.25, 0.3) is 11.8 Å². The van der Waals surface area contributed by atoms with Gasteiger partial charge in [-0.25, -0.2) is 4.79 Å². The first kappa shape index (κ1) is 20.0. The molecule has 1 atom stereocenters. The molecule has 3 rings (SSSR count). The third-order valence-electron chi connectivity index (χ3n) is 3.87. The summed E-state index contributed by atoms with van der Waals surface area (Å²) < 4.78 is 21.3. The fraction of sp³-hybridized carbons (Fsp3) is 0.250. The summed E-state index contributed by atoms with van der Waals surface area (Å²) in [6.45, 7) is 1.60. The van der Waals surface area contributed by atoms with Crippen LogP contribution >= 0.6 is 0 Å². The molecule has 0 bridgehead atoms. The van der Waals surface area contributed by atoms with Crippen LogP contribution in [0.1, 0.15) is 17.3 Å². The monoisotopic (exact) mass is 400 g/mol. The number of fused-ring (bicyclic) bond motifs is 1. The average molecular weight is 400 g/mol. The van der Waals surface area contributed by atoms with Crippen molar-refractivity contribution in [3.05, 3.63) is 54.1 Å². The number of para-hydroxylation sites is 3. The van der Waals surface area contributed by atoms with Crippen molar-refractivity contribution in [3.8, 4) is 17.2 Å². The van der Waals surface area contributed by atoms with E-state index in [1.807, 2.05) is 0 Å². The number of esters is 1. The highest BCUT2D eigenvalue weighted by Gasteiger charge is 2.27. The van der Waals surface area contributed by atoms with E-state index in [9.17, 15) is 14.4 Å². The lowest BCUT2D eigenvalue weighted by molar-refractivity contribution is -0.135. The molecule has 0 spiro atoms. The van der Waals surface area contributed by atoms with E-state index in [-0.39, 0.29) is 12.2 Å². The average Bonchev–Trinajstić information content (AvgIpc) is 2.76. The van der Waals surface area contributed by atoms with Crippen molar-refractivity contribution in [2.45, 2.75) is 13.0 Å². The predicted octanol–water partition coefficient (Wildman–Crippen LogP) is 1.23. The van der Waals surface area contributed by atoms with Gasteiger partial charge in [-0.05, 0) is 31.2 Å². The van der Waals surface area contributed by atoms with Crippen molar-refractivity contribution in [1.29, 1.82) is 0 Å². The van der Waals surface area contributed by atoms with E-state index >= 15 is 0 Å². The summed E-state index contributed by atoms with van der Waals surface area (Å²) in [5.41, 5.74) is 4.59. The molecule has 1 aliphatic heterocycles. The first-order valence-corrected chi connectivity index (χ1v) is 8.94. The molecule has 2 amide bonds. The summed E-state index contributed by atoms with van der Waals surface area (Å²) >= 11 is 0. The Morgan fingerprint density at radius 1 is 1.03 bits per heavy atom. The topological polar surface area (TPSA) is 112 Å². The van der Waals surface area contributed by atoms with Gasteiger partial charge in [0, 0.05) is 0 Å². The van der Waals surface area contributed by atoms with Gasteiger partial charge in [-0.3, -0.25) is 20.4 Å². The smallest absolute Gasteiger partial charge is 0.342 e. The van der Waals surface area contributed by atoms with Crippen molar-refractivity contribution in [3.63, 3.8) is 0 Å². The summed E-state index contributed by atoms with van der Waals surface area (Å²) in [5, 5.41) is 0. The predicted molar refractivity (Wildman–Crippen MR) is 101 cm³/mol. The Hall–Kier alpha value is -3.75. The molecule has 1 heterocycles. The molecule has 9 heteroatoms. The molecule has 9 nitrogen and oxygen atoms in total. The molecule has 29 heavy (non-hydrogen) atoms. The van der Waals surface area contributed by atoms with Crippen LogP contribution in [0.4, 0.5) is 0 Å². The number of hydrazine groups is 1. The number of hydrogen-bond donors (Lipinski definition) is 2. The van der Waals surface area contributed by atoms with Crippen molar-refractivity contribution in [2.75, 3.05) is 19.8 Å². The van der Waals surface area contributed by atoms with Crippen LogP contribution in [-0.4, -0.2) is 43.7 Å². The second-order valence-electron chi connectivity index (χ2n) is 5.91. The number of benzene rings is 2. The quantitative estimate of drug-likeness (QED) is 0.554. The van der Waals surface area contributed by atoms with E-state index in [1.54, 1.807) is 49.4 Å². The lowest BCUT2D eigenvalue weighted by Gasteiger charge is -2.25. The van der Waals surface area contributed by atoms with E-state index in [4.69, 9.17) is 18.9 Å². The van der Waals surface area contributed by atoms with Gasteiger partial charge in [0.2, 0.25) is 6.10 Å². The fourth-order valence-corrected chi connectivity index (χ4v) is 2.52. The molecule has 0 fully saturated rings. The summed E-state index contributed by atoms with van der Waals surface area (Å²) in [6.07, 6.45) is -0.925. The largest absolute Gasteiger partial charge is 0.493 e. The van der Waals surface area contributed by atoms with E-state index < -0.39 is 30.5 Å². The highest BCUT2D eigenvalue weighted by Crippen LogP contribution is 2.30. The number of carbonyl (C=O) groups is 3. The number of amides is 2. The molecule has 2 N–H and O–H groups in total. The third kappa shape index (κ3) is 5.16. The Bertz CT molecular complexity index is 900. The minimum absolute atomic E-state index is 0.00190. The number of rotatable bonds is 6. The first-order chi connectivity index (χ1) is 14.1. The molecule has 2 aromatic carbocycles. The summed E-state index contributed by atoms with van der Waals surface area (Å²) in [4.78, 5) is 36.1. The van der Waals surface area contributed by atoms with Gasteiger partial charge in [-0.15, -0.1) is 0 Å². The zero-order valence-corrected chi connectivity index (χ0v) is 15.7. The van der Waals surface area contributed by atoms with E-state index in [0.717, 1.165) is 0 Å². The zero-order valence-electron chi connectivity index (χ0n) is 15.7. The maximum Gasteiger partial charge on any atom is 0.342 e. The number of carbonyl (C=O) groups excluding carboxylic acids is 3. The number of ether oxygens (including phenoxy) is 4. The van der Waals surface area contributed by atoms with Crippen LogP contribution in [0.3, 0.4) is 0 Å². The standard InChI is InChI=1S/C20H20N2O7/c1-2-26-14-8-4-3-7-13(14)20(25)28-12-18(23)21-22-19(24)17-11-27-15-9-5-6-10-16(15)29-17/h3-10,17H,2,11-12H2,1H3,(H,21,23)(H,22,24)/t17-/m0/s1. The van der Waals surface area contributed by atoms with Gasteiger partial charge in [0.15, 0.2) is 18.1 Å². The van der Waals surface area contributed by atoms with Crippen LogP contribution in [0.15, 0.2) is 48.5 Å². The Kier molecular flexibility index (Phi) is 6.51. The van der Waals surface area contributed by atoms with Crippen LogP contribution in [0.25, 0.3) is 0 Å². The van der Waals surface area contributed by atoms with Crippen LogP contribution < -0.4 is 25.1 Å². The number of hydrogen-bond acceptors (Lipinski definition) is 7. The SMILES string of the molecule is CCOc1ccccc1C(=O)OCC(=O)NNC(=O)[C@@H]1COc2ccccc2O1. The molecule has 0 aliphatic carbocycles. The molecule has 0 saturated heterocycles. The van der Waals surface area contributed by atoms with Crippen molar-refractivity contribution < 1.29 is 33.3 Å². The molecule has 2 aromatic rings. The minimum atomic E-state index is -0.925. The van der Waals surface area contributed by atoms with E-state index in [0.29, 0.717) is 23.9 Å². The molecule has 0 radical (unpaired) electrons. The highest BCUT2D eigenvalue weighted by molar-refractivity contribution is 5.94. The number of nitrogens with one attached hydrogen (secondary N) is 2. The van der Waals surface area contributed by atoms with Gasteiger partial charge in [-0.1, -0.05) is 24.3 Å².